The standard InChI is InChI=1S/C11H21N/c1-4-5-6-7-8-9-12-10-11(2)3/h11-12H,6-10H2,1-3H3. The molecule has 0 fully saturated rings. The second kappa shape index (κ2) is 8.62. The molecule has 0 aromatic carbocycles. The first-order valence-electron chi connectivity index (χ1n) is 4.87. The van der Waals surface area contributed by atoms with Crippen molar-refractivity contribution < 1.29 is 0 Å². The summed E-state index contributed by atoms with van der Waals surface area (Å²) in [5, 5.41) is 3.41. The Morgan fingerprint density at radius 2 is 2.00 bits per heavy atom. The van der Waals surface area contributed by atoms with Gasteiger partial charge in [-0.15, -0.1) is 11.8 Å². The molecule has 0 aromatic rings. The SMILES string of the molecule is CC#CCCCCNCC(C)C. The molecule has 1 heteroatoms. The minimum atomic E-state index is 0.764. The molecule has 0 rings (SSSR count). The molecule has 1 nitrogen and oxygen atoms in total. The first kappa shape index (κ1) is 11.5. The van der Waals surface area contributed by atoms with E-state index in [1.165, 1.54) is 12.8 Å². The van der Waals surface area contributed by atoms with Crippen LogP contribution in [0.5, 0.6) is 0 Å². The summed E-state index contributed by atoms with van der Waals surface area (Å²) >= 11 is 0. The van der Waals surface area contributed by atoms with Gasteiger partial charge >= 0.3 is 0 Å². The van der Waals surface area contributed by atoms with Crippen LogP contribution in [0.3, 0.4) is 0 Å². The maximum absolute atomic E-state index is 3.41. The van der Waals surface area contributed by atoms with Crippen LogP contribution >= 0.6 is 0 Å². The molecule has 0 atom stereocenters. The van der Waals surface area contributed by atoms with Crippen molar-refractivity contribution in [1.29, 1.82) is 0 Å². The zero-order valence-electron chi connectivity index (χ0n) is 8.61. The lowest BCUT2D eigenvalue weighted by atomic mass is 10.2. The van der Waals surface area contributed by atoms with E-state index in [1.54, 1.807) is 0 Å². The third kappa shape index (κ3) is 9.52. The fourth-order valence-corrected chi connectivity index (χ4v) is 0.979. The highest BCUT2D eigenvalue weighted by Gasteiger charge is 1.91. The van der Waals surface area contributed by atoms with E-state index in [-0.39, 0.29) is 0 Å². The monoisotopic (exact) mass is 167 g/mol. The van der Waals surface area contributed by atoms with Crippen LogP contribution in [0.25, 0.3) is 0 Å². The van der Waals surface area contributed by atoms with Crippen molar-refractivity contribution in [2.24, 2.45) is 5.92 Å². The second-order valence-corrected chi connectivity index (χ2v) is 3.48. The fraction of sp³-hybridized carbons (Fsp3) is 0.818. The van der Waals surface area contributed by atoms with E-state index >= 15 is 0 Å². The predicted octanol–water partition coefficient (Wildman–Crippen LogP) is 2.43. The lowest BCUT2D eigenvalue weighted by molar-refractivity contribution is 0.537. The highest BCUT2D eigenvalue weighted by molar-refractivity contribution is 4.94. The number of rotatable bonds is 6. The molecular formula is C11H21N. The van der Waals surface area contributed by atoms with Crippen molar-refractivity contribution in [3.8, 4) is 11.8 Å². The quantitative estimate of drug-likeness (QED) is 0.473. The van der Waals surface area contributed by atoms with Gasteiger partial charge in [-0.2, -0.15) is 0 Å². The Morgan fingerprint density at radius 1 is 1.25 bits per heavy atom. The molecule has 0 radical (unpaired) electrons. The lowest BCUT2D eigenvalue weighted by Gasteiger charge is -2.05. The van der Waals surface area contributed by atoms with Crippen molar-refractivity contribution in [2.75, 3.05) is 13.1 Å². The highest BCUT2D eigenvalue weighted by atomic mass is 14.8. The molecule has 1 N–H and O–H groups in total. The smallest absolute Gasteiger partial charge is 0.00890 e. The third-order valence-electron chi connectivity index (χ3n) is 1.63. The molecule has 0 aliphatic heterocycles. The summed E-state index contributed by atoms with van der Waals surface area (Å²) in [4.78, 5) is 0. The Bertz CT molecular complexity index is 139. The Morgan fingerprint density at radius 3 is 2.58 bits per heavy atom. The van der Waals surface area contributed by atoms with Crippen LogP contribution < -0.4 is 5.32 Å². The second-order valence-electron chi connectivity index (χ2n) is 3.48. The molecule has 0 saturated carbocycles. The predicted molar refractivity (Wildman–Crippen MR) is 55.0 cm³/mol. The average Bonchev–Trinajstić information content (AvgIpc) is 2.02. The van der Waals surface area contributed by atoms with Gasteiger partial charge < -0.3 is 5.32 Å². The van der Waals surface area contributed by atoms with Crippen LogP contribution in [0.2, 0.25) is 0 Å². The lowest BCUT2D eigenvalue weighted by Crippen LogP contribution is -2.20. The van der Waals surface area contributed by atoms with Crippen molar-refractivity contribution in [2.45, 2.75) is 40.0 Å². The van der Waals surface area contributed by atoms with Crippen LogP contribution in [0.15, 0.2) is 0 Å². The van der Waals surface area contributed by atoms with Gasteiger partial charge in [0.05, 0.1) is 0 Å². The van der Waals surface area contributed by atoms with E-state index in [4.69, 9.17) is 0 Å². The zero-order chi connectivity index (χ0) is 9.23. The molecule has 0 saturated heterocycles. The van der Waals surface area contributed by atoms with Gasteiger partial charge in [-0.3, -0.25) is 0 Å². The van der Waals surface area contributed by atoms with Crippen LogP contribution in [0.1, 0.15) is 40.0 Å². The number of hydrogen-bond acceptors (Lipinski definition) is 1. The molecule has 0 aliphatic rings. The highest BCUT2D eigenvalue weighted by Crippen LogP contribution is 1.93. The maximum Gasteiger partial charge on any atom is 0.00890 e. The minimum absolute atomic E-state index is 0.764. The van der Waals surface area contributed by atoms with Crippen molar-refractivity contribution >= 4 is 0 Å². The molecule has 12 heavy (non-hydrogen) atoms. The van der Waals surface area contributed by atoms with Gasteiger partial charge in [-0.25, -0.2) is 0 Å². The molecule has 0 unspecified atom stereocenters. The van der Waals surface area contributed by atoms with Crippen LogP contribution in [0, 0.1) is 17.8 Å². The molecule has 0 spiro atoms. The van der Waals surface area contributed by atoms with Gasteiger partial charge in [0.15, 0.2) is 0 Å². The van der Waals surface area contributed by atoms with Crippen molar-refractivity contribution in [3.63, 3.8) is 0 Å². The van der Waals surface area contributed by atoms with E-state index in [1.807, 2.05) is 6.92 Å². The minimum Gasteiger partial charge on any atom is -0.316 e. The van der Waals surface area contributed by atoms with Crippen molar-refractivity contribution in [3.05, 3.63) is 0 Å². The number of unbranched alkanes of at least 4 members (excludes halogenated alkanes) is 2. The third-order valence-corrected chi connectivity index (χ3v) is 1.63. The molecule has 0 bridgehead atoms. The molecule has 0 aliphatic carbocycles. The summed E-state index contributed by atoms with van der Waals surface area (Å²) in [5.41, 5.74) is 0. The summed E-state index contributed by atoms with van der Waals surface area (Å²) in [6, 6.07) is 0. The first-order chi connectivity index (χ1) is 5.77. The fourth-order valence-electron chi connectivity index (χ4n) is 0.979. The summed E-state index contributed by atoms with van der Waals surface area (Å²) in [6.45, 7) is 8.64. The summed E-state index contributed by atoms with van der Waals surface area (Å²) in [6.07, 6.45) is 3.53. The molecule has 70 valence electrons. The van der Waals surface area contributed by atoms with Crippen LogP contribution in [0.4, 0.5) is 0 Å². The molecule has 0 heterocycles. The number of hydrogen-bond donors (Lipinski definition) is 1. The Labute approximate surface area is 76.9 Å². The van der Waals surface area contributed by atoms with Gasteiger partial charge in [0.25, 0.3) is 0 Å². The van der Waals surface area contributed by atoms with E-state index in [0.29, 0.717) is 0 Å². The Hall–Kier alpha value is -0.480. The van der Waals surface area contributed by atoms with Crippen LogP contribution in [-0.4, -0.2) is 13.1 Å². The van der Waals surface area contributed by atoms with E-state index < -0.39 is 0 Å². The maximum atomic E-state index is 3.41. The molecule has 0 aromatic heterocycles. The van der Waals surface area contributed by atoms with E-state index in [2.05, 4.69) is 31.0 Å². The first-order valence-corrected chi connectivity index (χ1v) is 4.87. The van der Waals surface area contributed by atoms with Crippen molar-refractivity contribution in [1.82, 2.24) is 5.32 Å². The zero-order valence-corrected chi connectivity index (χ0v) is 8.61. The normalized spacial score (nSPS) is 9.67. The van der Waals surface area contributed by atoms with Crippen LogP contribution in [-0.2, 0) is 0 Å². The van der Waals surface area contributed by atoms with E-state index in [9.17, 15) is 0 Å². The summed E-state index contributed by atoms with van der Waals surface area (Å²) in [7, 11) is 0. The molecular weight excluding hydrogens is 146 g/mol. The largest absolute Gasteiger partial charge is 0.316 e. The van der Waals surface area contributed by atoms with E-state index in [0.717, 1.165) is 25.4 Å². The Kier molecular flexibility index (Phi) is 8.27. The number of nitrogens with one attached hydrogen (secondary N) is 1. The Balaban J connectivity index is 2.94. The average molecular weight is 167 g/mol. The van der Waals surface area contributed by atoms with Gasteiger partial charge in [0, 0.05) is 6.42 Å². The molecule has 0 amide bonds. The summed E-state index contributed by atoms with van der Waals surface area (Å²) < 4.78 is 0. The van der Waals surface area contributed by atoms with Gasteiger partial charge in [-0.05, 0) is 38.8 Å². The van der Waals surface area contributed by atoms with Gasteiger partial charge in [0.2, 0.25) is 0 Å². The topological polar surface area (TPSA) is 12.0 Å². The van der Waals surface area contributed by atoms with Gasteiger partial charge in [0.1, 0.15) is 0 Å². The van der Waals surface area contributed by atoms with Gasteiger partial charge in [-0.1, -0.05) is 13.8 Å². The summed E-state index contributed by atoms with van der Waals surface area (Å²) in [5.74, 6) is 6.74.